The van der Waals surface area contributed by atoms with Crippen LogP contribution in [0, 0.1) is 31.1 Å². The summed E-state index contributed by atoms with van der Waals surface area (Å²) in [6, 6.07) is 0. The van der Waals surface area contributed by atoms with E-state index in [0.29, 0.717) is 0 Å². The third-order valence-corrected chi connectivity index (χ3v) is 3.48. The van der Waals surface area contributed by atoms with E-state index in [1.807, 2.05) is 0 Å². The van der Waals surface area contributed by atoms with Crippen molar-refractivity contribution in [3.63, 3.8) is 0 Å². The summed E-state index contributed by atoms with van der Waals surface area (Å²) in [4.78, 5) is 0. The first-order valence-corrected chi connectivity index (χ1v) is 7.45. The van der Waals surface area contributed by atoms with Crippen molar-refractivity contribution in [2.24, 2.45) is 0 Å². The van der Waals surface area contributed by atoms with Crippen molar-refractivity contribution in [2.45, 2.75) is 76.4 Å². The van der Waals surface area contributed by atoms with Crippen molar-refractivity contribution in [1.82, 2.24) is 0 Å². The van der Waals surface area contributed by atoms with Crippen LogP contribution < -0.4 is 0 Å². The largest absolute Gasteiger partial charge is 0.393 e. The van der Waals surface area contributed by atoms with Crippen molar-refractivity contribution in [1.29, 1.82) is 0 Å². The van der Waals surface area contributed by atoms with E-state index in [1.165, 1.54) is 0 Å². The van der Waals surface area contributed by atoms with Gasteiger partial charge in [0.1, 0.15) is 0 Å². The Balaban J connectivity index is 0. The molecule has 2 atom stereocenters. The van der Waals surface area contributed by atoms with Crippen LogP contribution in [-0.2, 0) is 18.6 Å². The topological polar surface area (TPSA) is 40.5 Å². The summed E-state index contributed by atoms with van der Waals surface area (Å²) in [5, 5.41) is 18.4. The molecule has 0 spiro atoms. The third-order valence-electron chi connectivity index (χ3n) is 3.48. The summed E-state index contributed by atoms with van der Waals surface area (Å²) in [7, 11) is 0. The average Bonchev–Trinajstić information content (AvgIpc) is 2.30. The van der Waals surface area contributed by atoms with Gasteiger partial charge in [-0.15, -0.1) is 0 Å². The molecule has 0 saturated carbocycles. The van der Waals surface area contributed by atoms with Crippen molar-refractivity contribution in [3.8, 4) is 0 Å². The fourth-order valence-electron chi connectivity index (χ4n) is 2.28. The predicted octanol–water partition coefficient (Wildman–Crippen LogP) is 3.73. The quantitative estimate of drug-likeness (QED) is 0.460. The minimum Gasteiger partial charge on any atom is -0.393 e. The molecule has 0 aromatic heterocycles. The van der Waals surface area contributed by atoms with Crippen LogP contribution in [0.25, 0.3) is 0 Å². The maximum Gasteiger partial charge on any atom is 0.0543 e. The predicted molar refractivity (Wildman–Crippen MR) is 76.5 cm³/mol. The van der Waals surface area contributed by atoms with Gasteiger partial charge in [0.25, 0.3) is 0 Å². The molecule has 2 rings (SSSR count). The van der Waals surface area contributed by atoms with E-state index in [4.69, 9.17) is 0 Å². The molecule has 0 saturated heterocycles. The number of allylic oxidation sites excluding steroid dienone is 4. The number of rotatable bonds is 0. The van der Waals surface area contributed by atoms with Crippen LogP contribution in [-0.4, -0.2) is 22.4 Å². The van der Waals surface area contributed by atoms with Gasteiger partial charge in [0, 0.05) is 49.7 Å². The van der Waals surface area contributed by atoms with E-state index in [-0.39, 0.29) is 61.9 Å². The van der Waals surface area contributed by atoms with Gasteiger partial charge in [-0.1, -0.05) is 24.3 Å². The number of aliphatic hydroxyl groups is 2. The zero-order valence-electron chi connectivity index (χ0n) is 12.4. The third kappa shape index (κ3) is 14.0. The summed E-state index contributed by atoms with van der Waals surface area (Å²) >= 11 is 0. The summed E-state index contributed by atoms with van der Waals surface area (Å²) in [5.41, 5.74) is 0. The Morgan fingerprint density at radius 2 is 0.950 bits per heavy atom. The van der Waals surface area contributed by atoms with Crippen LogP contribution in [0.3, 0.4) is 0 Å². The first-order valence-electron chi connectivity index (χ1n) is 7.45. The minimum atomic E-state index is -0.0325. The van der Waals surface area contributed by atoms with Gasteiger partial charge in [-0.2, -0.15) is 0 Å². The molecule has 0 aromatic rings. The van der Waals surface area contributed by atoms with Crippen molar-refractivity contribution >= 4 is 0 Å². The van der Waals surface area contributed by atoms with Crippen LogP contribution in [0.2, 0.25) is 0 Å². The van der Waals surface area contributed by atoms with Gasteiger partial charge in [-0.3, -0.25) is 0 Å². The van der Waals surface area contributed by atoms with Crippen LogP contribution in [0.4, 0.5) is 0 Å². The SMILES string of the molecule is OC1CC/C=C/CCC1.OC1CC/C=C\CCC1.[U].[V]. The van der Waals surface area contributed by atoms with E-state index in [0.717, 1.165) is 64.2 Å². The van der Waals surface area contributed by atoms with Crippen LogP contribution >= 0.6 is 0 Å². The van der Waals surface area contributed by atoms with Gasteiger partial charge >= 0.3 is 0 Å². The molecule has 113 valence electrons. The molecule has 2 aliphatic carbocycles. The number of aliphatic hydroxyl groups excluding tert-OH is 2. The molecular weight excluding hydrogens is 513 g/mol. The Morgan fingerprint density at radius 3 is 1.35 bits per heavy atom. The minimum absolute atomic E-state index is 0. The maximum absolute atomic E-state index is 9.18. The zero-order chi connectivity index (χ0) is 13.1. The zero-order valence-corrected chi connectivity index (χ0v) is 17.9. The van der Waals surface area contributed by atoms with Gasteiger partial charge in [0.2, 0.25) is 0 Å². The molecule has 0 bridgehead atoms. The van der Waals surface area contributed by atoms with Crippen molar-refractivity contribution in [3.05, 3.63) is 24.3 Å². The van der Waals surface area contributed by atoms with E-state index < -0.39 is 0 Å². The van der Waals surface area contributed by atoms with Crippen LogP contribution in [0.5, 0.6) is 0 Å². The second-order valence-corrected chi connectivity index (χ2v) is 5.27. The fraction of sp³-hybridized carbons (Fsp3) is 0.750. The molecule has 2 nitrogen and oxygen atoms in total. The smallest absolute Gasteiger partial charge is 0.0543 e. The number of hydrogen-bond acceptors (Lipinski definition) is 2. The normalized spacial score (nSPS) is 29.5. The Kier molecular flexibility index (Phi) is 19.1. The molecule has 0 fully saturated rings. The number of hydrogen-bond donors (Lipinski definition) is 2. The molecule has 2 aliphatic rings. The second-order valence-electron chi connectivity index (χ2n) is 5.27. The van der Waals surface area contributed by atoms with Crippen molar-refractivity contribution in [2.75, 3.05) is 0 Å². The van der Waals surface area contributed by atoms with Gasteiger partial charge in [0.15, 0.2) is 0 Å². The Morgan fingerprint density at radius 1 is 0.600 bits per heavy atom. The molecule has 4 heteroatoms. The summed E-state index contributed by atoms with van der Waals surface area (Å²) in [6.07, 6.45) is 19.3. The summed E-state index contributed by atoms with van der Waals surface area (Å²) in [5.74, 6) is 0. The van der Waals surface area contributed by atoms with Gasteiger partial charge in [-0.05, 0) is 64.2 Å². The van der Waals surface area contributed by atoms with Crippen LogP contribution in [0.1, 0.15) is 64.2 Å². The molecule has 0 aliphatic heterocycles. The Hall–Kier alpha value is 1.04. The van der Waals surface area contributed by atoms with Crippen molar-refractivity contribution < 1.29 is 59.9 Å². The molecule has 20 heavy (non-hydrogen) atoms. The first-order chi connectivity index (χ1) is 8.79. The van der Waals surface area contributed by atoms with E-state index in [9.17, 15) is 10.2 Å². The van der Waals surface area contributed by atoms with Gasteiger partial charge in [-0.25, -0.2) is 0 Å². The molecule has 0 amide bonds. The maximum atomic E-state index is 9.18. The second kappa shape index (κ2) is 16.4. The average molecular weight is 541 g/mol. The summed E-state index contributed by atoms with van der Waals surface area (Å²) < 4.78 is 0. The molecule has 1 radical (unpaired) electrons. The first kappa shape index (κ1) is 23.3. The molecular formula is C16H28O2UV. The Labute approximate surface area is 159 Å². The van der Waals surface area contributed by atoms with Gasteiger partial charge in [0.05, 0.1) is 12.2 Å². The van der Waals surface area contributed by atoms with E-state index in [1.54, 1.807) is 0 Å². The molecule has 2 N–H and O–H groups in total. The molecule has 0 aromatic carbocycles. The summed E-state index contributed by atoms with van der Waals surface area (Å²) in [6.45, 7) is 0. The molecule has 2 unspecified atom stereocenters. The van der Waals surface area contributed by atoms with E-state index in [2.05, 4.69) is 24.3 Å². The fourth-order valence-corrected chi connectivity index (χ4v) is 2.28. The van der Waals surface area contributed by atoms with E-state index >= 15 is 0 Å². The van der Waals surface area contributed by atoms with Gasteiger partial charge < -0.3 is 10.2 Å². The monoisotopic (exact) mass is 541 g/mol. The Bertz CT molecular complexity index is 231. The van der Waals surface area contributed by atoms with Crippen LogP contribution in [0.15, 0.2) is 24.3 Å². The molecule has 0 heterocycles. The standard InChI is InChI=1S/2C8H14O.U.V/c2*9-8-6-4-2-1-3-5-7-8;;/h2*1-2,8-9H,3-7H2;;/b2-1+;2-1-;;.